The number of nitrogens with two attached hydrogens (primary N) is 1. The third-order valence-corrected chi connectivity index (χ3v) is 2.29. The Morgan fingerprint density at radius 2 is 2.00 bits per heavy atom. The quantitative estimate of drug-likeness (QED) is 0.557. The van der Waals surface area contributed by atoms with Gasteiger partial charge in [0.05, 0.1) is 6.54 Å². The molecule has 1 aliphatic heterocycles. The van der Waals surface area contributed by atoms with Crippen molar-refractivity contribution in [2.24, 2.45) is 5.73 Å². The lowest BCUT2D eigenvalue weighted by Gasteiger charge is -2.30. The lowest BCUT2D eigenvalue weighted by molar-refractivity contribution is -0.119. The lowest BCUT2D eigenvalue weighted by atomic mass is 10.1. The molecule has 0 aromatic heterocycles. The SMILES string of the molecule is NC(=O)CN1CCC(NC(=O)O)CC1. The smallest absolute Gasteiger partial charge is 0.404 e. The van der Waals surface area contributed by atoms with Gasteiger partial charge in [-0.2, -0.15) is 0 Å². The van der Waals surface area contributed by atoms with Crippen LogP contribution in [0.15, 0.2) is 0 Å². The second-order valence-electron chi connectivity index (χ2n) is 3.47. The number of hydrogen-bond donors (Lipinski definition) is 3. The molecule has 0 bridgehead atoms. The van der Waals surface area contributed by atoms with Crippen LogP contribution in [-0.2, 0) is 4.79 Å². The Balaban J connectivity index is 2.24. The molecule has 1 fully saturated rings. The summed E-state index contributed by atoms with van der Waals surface area (Å²) in [5.74, 6) is -0.338. The maximum absolute atomic E-state index is 10.6. The van der Waals surface area contributed by atoms with E-state index in [1.54, 1.807) is 0 Å². The molecular weight excluding hydrogens is 186 g/mol. The zero-order chi connectivity index (χ0) is 10.6. The number of rotatable bonds is 3. The molecule has 6 heteroatoms. The van der Waals surface area contributed by atoms with Gasteiger partial charge in [-0.1, -0.05) is 0 Å². The van der Waals surface area contributed by atoms with Gasteiger partial charge in [-0.3, -0.25) is 9.69 Å². The first-order valence-corrected chi connectivity index (χ1v) is 4.58. The summed E-state index contributed by atoms with van der Waals surface area (Å²) < 4.78 is 0. The van der Waals surface area contributed by atoms with Crippen LogP contribution in [0.4, 0.5) is 4.79 Å². The average Bonchev–Trinajstić information content (AvgIpc) is 2.06. The predicted octanol–water partition coefficient (Wildman–Crippen LogP) is -0.796. The first-order chi connectivity index (χ1) is 6.58. The van der Waals surface area contributed by atoms with E-state index in [0.29, 0.717) is 13.1 Å². The normalized spacial score (nSPS) is 19.1. The highest BCUT2D eigenvalue weighted by molar-refractivity contribution is 5.75. The Kier molecular flexibility index (Phi) is 3.70. The molecule has 0 aromatic carbocycles. The number of primary amides is 1. The number of carboxylic acid groups (broad SMARTS) is 1. The van der Waals surface area contributed by atoms with Crippen molar-refractivity contribution < 1.29 is 14.7 Å². The molecule has 1 heterocycles. The number of piperidine rings is 1. The van der Waals surface area contributed by atoms with Crippen molar-refractivity contribution in [3.63, 3.8) is 0 Å². The molecule has 4 N–H and O–H groups in total. The van der Waals surface area contributed by atoms with Crippen molar-refractivity contribution in [3.8, 4) is 0 Å². The van der Waals surface area contributed by atoms with Gasteiger partial charge in [-0.05, 0) is 12.8 Å². The summed E-state index contributed by atoms with van der Waals surface area (Å²) in [5, 5.41) is 10.9. The van der Waals surface area contributed by atoms with E-state index in [1.165, 1.54) is 0 Å². The number of amides is 2. The maximum atomic E-state index is 10.6. The van der Waals surface area contributed by atoms with Crippen molar-refractivity contribution in [2.45, 2.75) is 18.9 Å². The van der Waals surface area contributed by atoms with E-state index in [9.17, 15) is 9.59 Å². The summed E-state index contributed by atoms with van der Waals surface area (Å²) >= 11 is 0. The molecule has 80 valence electrons. The second kappa shape index (κ2) is 4.80. The van der Waals surface area contributed by atoms with Crippen LogP contribution in [0, 0.1) is 0 Å². The molecule has 0 aliphatic carbocycles. The molecule has 0 aromatic rings. The Labute approximate surface area is 82.1 Å². The topological polar surface area (TPSA) is 95.7 Å². The fourth-order valence-electron chi connectivity index (χ4n) is 1.63. The van der Waals surface area contributed by atoms with Crippen LogP contribution < -0.4 is 11.1 Å². The van der Waals surface area contributed by atoms with Crippen LogP contribution in [-0.4, -0.2) is 47.7 Å². The van der Waals surface area contributed by atoms with E-state index in [1.807, 2.05) is 4.90 Å². The molecule has 0 radical (unpaired) electrons. The molecule has 0 spiro atoms. The van der Waals surface area contributed by atoms with Gasteiger partial charge in [0.15, 0.2) is 0 Å². The summed E-state index contributed by atoms with van der Waals surface area (Å²) in [5.41, 5.74) is 5.05. The molecule has 1 aliphatic rings. The van der Waals surface area contributed by atoms with Gasteiger partial charge in [0.1, 0.15) is 0 Å². The minimum atomic E-state index is -0.988. The number of nitrogens with one attached hydrogen (secondary N) is 1. The molecule has 6 nitrogen and oxygen atoms in total. The van der Waals surface area contributed by atoms with Crippen LogP contribution in [0.2, 0.25) is 0 Å². The van der Waals surface area contributed by atoms with Gasteiger partial charge in [0.2, 0.25) is 5.91 Å². The van der Waals surface area contributed by atoms with Crippen molar-refractivity contribution in [1.29, 1.82) is 0 Å². The monoisotopic (exact) mass is 201 g/mol. The summed E-state index contributed by atoms with van der Waals surface area (Å²) in [6.07, 6.45) is 0.484. The number of hydrogen-bond acceptors (Lipinski definition) is 3. The van der Waals surface area contributed by atoms with E-state index in [-0.39, 0.29) is 18.5 Å². The second-order valence-corrected chi connectivity index (χ2v) is 3.47. The first kappa shape index (κ1) is 10.8. The fraction of sp³-hybridized carbons (Fsp3) is 0.750. The Bertz CT molecular complexity index is 200. The third kappa shape index (κ3) is 3.61. The van der Waals surface area contributed by atoms with Gasteiger partial charge in [0.25, 0.3) is 0 Å². The molecule has 0 unspecified atom stereocenters. The van der Waals surface area contributed by atoms with Gasteiger partial charge < -0.3 is 16.2 Å². The van der Waals surface area contributed by atoms with Gasteiger partial charge >= 0.3 is 6.09 Å². The van der Waals surface area contributed by atoms with E-state index in [2.05, 4.69) is 5.32 Å². The summed E-state index contributed by atoms with van der Waals surface area (Å²) in [7, 11) is 0. The standard InChI is InChI=1S/C8H15N3O3/c9-7(12)5-11-3-1-6(2-4-11)10-8(13)14/h6,10H,1-5H2,(H2,9,12)(H,13,14). The number of likely N-dealkylation sites (tertiary alicyclic amines) is 1. The van der Waals surface area contributed by atoms with E-state index in [4.69, 9.17) is 10.8 Å². The molecule has 2 amide bonds. The minimum absolute atomic E-state index is 0.0108. The molecule has 14 heavy (non-hydrogen) atoms. The van der Waals surface area contributed by atoms with Gasteiger partial charge in [0, 0.05) is 19.1 Å². The van der Waals surface area contributed by atoms with Crippen LogP contribution >= 0.6 is 0 Å². The Morgan fingerprint density at radius 3 is 2.43 bits per heavy atom. The summed E-state index contributed by atoms with van der Waals surface area (Å²) in [6, 6.07) is 0.0108. The number of nitrogens with zero attached hydrogens (tertiary/aromatic N) is 1. The van der Waals surface area contributed by atoms with Crippen molar-refractivity contribution >= 4 is 12.0 Å². The van der Waals surface area contributed by atoms with Gasteiger partial charge in [-0.25, -0.2) is 4.79 Å². The zero-order valence-corrected chi connectivity index (χ0v) is 7.90. The lowest BCUT2D eigenvalue weighted by Crippen LogP contribution is -2.46. The average molecular weight is 201 g/mol. The van der Waals surface area contributed by atoms with Gasteiger partial charge in [-0.15, -0.1) is 0 Å². The first-order valence-electron chi connectivity index (χ1n) is 4.58. The van der Waals surface area contributed by atoms with Crippen molar-refractivity contribution in [2.75, 3.05) is 19.6 Å². The fourth-order valence-corrected chi connectivity index (χ4v) is 1.63. The van der Waals surface area contributed by atoms with Crippen molar-refractivity contribution in [1.82, 2.24) is 10.2 Å². The maximum Gasteiger partial charge on any atom is 0.404 e. The van der Waals surface area contributed by atoms with Crippen LogP contribution in [0.3, 0.4) is 0 Å². The molecule has 1 saturated heterocycles. The Hall–Kier alpha value is -1.30. The van der Waals surface area contributed by atoms with Crippen LogP contribution in [0.1, 0.15) is 12.8 Å². The zero-order valence-electron chi connectivity index (χ0n) is 7.90. The highest BCUT2D eigenvalue weighted by Gasteiger charge is 2.20. The third-order valence-electron chi connectivity index (χ3n) is 2.29. The minimum Gasteiger partial charge on any atom is -0.465 e. The van der Waals surface area contributed by atoms with E-state index in [0.717, 1.165) is 12.8 Å². The highest BCUT2D eigenvalue weighted by Crippen LogP contribution is 2.09. The van der Waals surface area contributed by atoms with E-state index < -0.39 is 6.09 Å². The molecule has 1 rings (SSSR count). The summed E-state index contributed by atoms with van der Waals surface area (Å²) in [4.78, 5) is 22.9. The highest BCUT2D eigenvalue weighted by atomic mass is 16.4. The van der Waals surface area contributed by atoms with Crippen LogP contribution in [0.25, 0.3) is 0 Å². The number of carbonyl (C=O) groups is 2. The summed E-state index contributed by atoms with van der Waals surface area (Å²) in [6.45, 7) is 1.70. The van der Waals surface area contributed by atoms with Crippen LogP contribution in [0.5, 0.6) is 0 Å². The van der Waals surface area contributed by atoms with E-state index >= 15 is 0 Å². The van der Waals surface area contributed by atoms with Crippen molar-refractivity contribution in [3.05, 3.63) is 0 Å². The molecular formula is C8H15N3O3. The molecule has 0 saturated carbocycles. The molecule has 0 atom stereocenters. The Morgan fingerprint density at radius 1 is 1.43 bits per heavy atom. The largest absolute Gasteiger partial charge is 0.465 e. The predicted molar refractivity (Wildman–Crippen MR) is 49.8 cm³/mol. The number of carbonyl (C=O) groups excluding carboxylic acids is 1.